The highest BCUT2D eigenvalue weighted by Gasteiger charge is 2.32. The van der Waals surface area contributed by atoms with Crippen molar-refractivity contribution in [3.63, 3.8) is 0 Å². The highest BCUT2D eigenvalue weighted by atomic mass is 19.2. The summed E-state index contributed by atoms with van der Waals surface area (Å²) in [5.74, 6) is 1.12. The largest absolute Gasteiger partial charge is 0.483 e. The quantitative estimate of drug-likeness (QED) is 0.432. The highest BCUT2D eigenvalue weighted by molar-refractivity contribution is 5.33. The minimum atomic E-state index is -0.849. The first kappa shape index (κ1) is 21.3. The Morgan fingerprint density at radius 3 is 2.11 bits per heavy atom. The summed E-state index contributed by atoms with van der Waals surface area (Å²) in [7, 11) is 0. The molecule has 0 heterocycles. The van der Waals surface area contributed by atoms with Crippen molar-refractivity contribution in [2.75, 3.05) is 0 Å². The van der Waals surface area contributed by atoms with E-state index in [1.807, 2.05) is 6.92 Å². The molecule has 2 aliphatic carbocycles. The molecule has 2 aliphatic rings. The van der Waals surface area contributed by atoms with Gasteiger partial charge in [0.15, 0.2) is 11.6 Å². The average molecular weight is 391 g/mol. The van der Waals surface area contributed by atoms with Gasteiger partial charge in [0.2, 0.25) is 5.82 Å². The second kappa shape index (κ2) is 9.89. The van der Waals surface area contributed by atoms with Crippen molar-refractivity contribution in [2.45, 2.75) is 90.1 Å². The number of hydrogen-bond donors (Lipinski definition) is 0. The number of rotatable bonds is 7. The molecule has 0 bridgehead atoms. The Labute approximate surface area is 169 Å². The summed E-state index contributed by atoms with van der Waals surface area (Å²) in [6, 6.07) is 3.33. The Morgan fingerprint density at radius 1 is 0.964 bits per heavy atom. The zero-order valence-corrected chi connectivity index (χ0v) is 17.6. The Morgan fingerprint density at radius 2 is 1.57 bits per heavy atom. The van der Waals surface area contributed by atoms with Gasteiger partial charge in [0.25, 0.3) is 0 Å². The molecule has 0 N–H and O–H groups in total. The molecule has 156 valence electrons. The molecule has 3 heteroatoms. The van der Waals surface area contributed by atoms with E-state index in [0.717, 1.165) is 43.4 Å². The molecule has 28 heavy (non-hydrogen) atoms. The molecule has 0 radical (unpaired) electrons. The smallest absolute Gasteiger partial charge is 0.200 e. The van der Waals surface area contributed by atoms with Gasteiger partial charge in [-0.2, -0.15) is 4.39 Å². The molecule has 1 atom stereocenters. The molecule has 1 unspecified atom stereocenters. The summed E-state index contributed by atoms with van der Waals surface area (Å²) in [4.78, 5) is 0. The van der Waals surface area contributed by atoms with Gasteiger partial charge >= 0.3 is 0 Å². The van der Waals surface area contributed by atoms with Gasteiger partial charge in [-0.3, -0.25) is 0 Å². The standard InChI is InChI=1S/C25H36F2O/c1-4-17-7-9-18(10-8-17)19-11-13-20(14-12-19)22-15-16-23(25(27)24(22)26)28-21(5-2)6-3/h5,15-21H,2,4,6-14H2,1,3H3. The van der Waals surface area contributed by atoms with E-state index >= 15 is 0 Å². The number of halogens is 2. The predicted molar refractivity (Wildman–Crippen MR) is 112 cm³/mol. The lowest BCUT2D eigenvalue weighted by Crippen LogP contribution is -2.25. The third-order valence-corrected chi connectivity index (χ3v) is 7.37. The Kier molecular flexibility index (Phi) is 7.54. The minimum Gasteiger partial charge on any atom is -0.483 e. The van der Waals surface area contributed by atoms with Crippen LogP contribution in [0.15, 0.2) is 24.8 Å². The fourth-order valence-electron chi connectivity index (χ4n) is 5.38. The molecule has 2 saturated carbocycles. The normalized spacial score (nSPS) is 29.3. The lowest BCUT2D eigenvalue weighted by Gasteiger charge is -2.38. The van der Waals surface area contributed by atoms with E-state index in [1.54, 1.807) is 18.2 Å². The maximum absolute atomic E-state index is 14.8. The Hall–Kier alpha value is -1.38. The molecule has 1 aromatic rings. The summed E-state index contributed by atoms with van der Waals surface area (Å²) < 4.78 is 34.9. The number of ether oxygens (including phenoxy) is 1. The maximum atomic E-state index is 14.8. The first-order chi connectivity index (χ1) is 13.6. The lowest BCUT2D eigenvalue weighted by atomic mass is 9.68. The second-order valence-electron chi connectivity index (χ2n) is 8.88. The molecule has 2 fully saturated rings. The molecule has 0 saturated heterocycles. The van der Waals surface area contributed by atoms with Crippen molar-refractivity contribution in [3.05, 3.63) is 42.0 Å². The molecule has 0 aliphatic heterocycles. The van der Waals surface area contributed by atoms with Crippen LogP contribution in [0.25, 0.3) is 0 Å². The van der Waals surface area contributed by atoms with Crippen LogP contribution in [0.2, 0.25) is 0 Å². The van der Waals surface area contributed by atoms with Gasteiger partial charge in [0, 0.05) is 0 Å². The van der Waals surface area contributed by atoms with Gasteiger partial charge < -0.3 is 4.74 Å². The van der Waals surface area contributed by atoms with Gasteiger partial charge in [0.05, 0.1) is 0 Å². The van der Waals surface area contributed by atoms with E-state index in [1.165, 1.54) is 32.1 Å². The zero-order valence-electron chi connectivity index (χ0n) is 17.6. The van der Waals surface area contributed by atoms with Crippen molar-refractivity contribution >= 4 is 0 Å². The second-order valence-corrected chi connectivity index (χ2v) is 8.88. The van der Waals surface area contributed by atoms with Crippen LogP contribution in [0.4, 0.5) is 8.78 Å². The van der Waals surface area contributed by atoms with Crippen molar-refractivity contribution < 1.29 is 13.5 Å². The molecule has 3 rings (SSSR count). The molecule has 0 aromatic heterocycles. The summed E-state index contributed by atoms with van der Waals surface area (Å²) in [5, 5.41) is 0. The third kappa shape index (κ3) is 4.78. The van der Waals surface area contributed by atoms with Gasteiger partial charge in [-0.15, -0.1) is 0 Å². The predicted octanol–water partition coefficient (Wildman–Crippen LogP) is 7.80. The summed E-state index contributed by atoms with van der Waals surface area (Å²) in [6.07, 6.45) is 13.1. The van der Waals surface area contributed by atoms with Crippen molar-refractivity contribution in [3.8, 4) is 5.75 Å². The zero-order chi connectivity index (χ0) is 20.1. The lowest BCUT2D eigenvalue weighted by molar-refractivity contribution is 0.157. The first-order valence-electron chi connectivity index (χ1n) is 11.3. The van der Waals surface area contributed by atoms with E-state index in [4.69, 9.17) is 4.74 Å². The van der Waals surface area contributed by atoms with Gasteiger partial charge in [-0.05, 0) is 80.2 Å². The van der Waals surface area contributed by atoms with Gasteiger partial charge in [-0.1, -0.05) is 51.8 Å². The fraction of sp³-hybridized carbons (Fsp3) is 0.680. The van der Waals surface area contributed by atoms with Crippen LogP contribution >= 0.6 is 0 Å². The summed E-state index contributed by atoms with van der Waals surface area (Å²) in [5.41, 5.74) is 0.532. The van der Waals surface area contributed by atoms with Crippen LogP contribution in [0.3, 0.4) is 0 Å². The van der Waals surface area contributed by atoms with Crippen LogP contribution in [0.1, 0.15) is 89.5 Å². The molecule has 1 aromatic carbocycles. The Bertz CT molecular complexity index is 640. The summed E-state index contributed by atoms with van der Waals surface area (Å²) in [6.45, 7) is 7.92. The molecular formula is C25H36F2O. The highest BCUT2D eigenvalue weighted by Crippen LogP contribution is 2.45. The van der Waals surface area contributed by atoms with Crippen LogP contribution in [0.5, 0.6) is 5.75 Å². The number of hydrogen-bond acceptors (Lipinski definition) is 1. The fourth-order valence-corrected chi connectivity index (χ4v) is 5.38. The molecule has 0 amide bonds. The first-order valence-corrected chi connectivity index (χ1v) is 11.3. The van der Waals surface area contributed by atoms with E-state index in [9.17, 15) is 8.78 Å². The third-order valence-electron chi connectivity index (χ3n) is 7.37. The number of benzene rings is 1. The minimum absolute atomic E-state index is 0.00521. The molecule has 1 nitrogen and oxygen atoms in total. The summed E-state index contributed by atoms with van der Waals surface area (Å²) >= 11 is 0. The van der Waals surface area contributed by atoms with Crippen LogP contribution in [-0.4, -0.2) is 6.10 Å². The van der Waals surface area contributed by atoms with Gasteiger partial charge in [0.1, 0.15) is 6.10 Å². The molecule has 0 spiro atoms. The maximum Gasteiger partial charge on any atom is 0.200 e. The van der Waals surface area contributed by atoms with Crippen molar-refractivity contribution in [1.29, 1.82) is 0 Å². The van der Waals surface area contributed by atoms with E-state index in [-0.39, 0.29) is 17.8 Å². The topological polar surface area (TPSA) is 9.23 Å². The molecular weight excluding hydrogens is 354 g/mol. The average Bonchev–Trinajstić information content (AvgIpc) is 2.75. The van der Waals surface area contributed by atoms with Crippen LogP contribution in [0, 0.1) is 29.4 Å². The Balaban J connectivity index is 1.60. The van der Waals surface area contributed by atoms with E-state index in [0.29, 0.717) is 12.0 Å². The SMILES string of the molecule is C=CC(CC)Oc1ccc(C2CCC(C3CCC(CC)CC3)CC2)c(F)c1F. The van der Waals surface area contributed by atoms with Gasteiger partial charge in [-0.25, -0.2) is 4.39 Å². The van der Waals surface area contributed by atoms with Crippen LogP contribution < -0.4 is 4.74 Å². The van der Waals surface area contributed by atoms with Crippen molar-refractivity contribution in [1.82, 2.24) is 0 Å². The monoisotopic (exact) mass is 390 g/mol. The van der Waals surface area contributed by atoms with E-state index in [2.05, 4.69) is 13.5 Å². The van der Waals surface area contributed by atoms with Crippen molar-refractivity contribution in [2.24, 2.45) is 17.8 Å². The van der Waals surface area contributed by atoms with E-state index < -0.39 is 11.6 Å². The van der Waals surface area contributed by atoms with Crippen LogP contribution in [-0.2, 0) is 0 Å².